The van der Waals surface area contributed by atoms with Gasteiger partial charge in [-0.3, -0.25) is 29.8 Å². The van der Waals surface area contributed by atoms with E-state index in [0.29, 0.717) is 30.2 Å². The molecule has 1 unspecified atom stereocenters. The number of aliphatic imine (C=N–C) groups is 2. The van der Waals surface area contributed by atoms with Crippen LogP contribution in [0.3, 0.4) is 0 Å². The number of likely N-dealkylation sites (tertiary alicyclic amines) is 2. The summed E-state index contributed by atoms with van der Waals surface area (Å²) < 4.78 is 18.7. The summed E-state index contributed by atoms with van der Waals surface area (Å²) in [5.41, 5.74) is 4.75. The van der Waals surface area contributed by atoms with Crippen LogP contribution < -0.4 is 19.7 Å². The van der Waals surface area contributed by atoms with E-state index in [1.165, 1.54) is 0 Å². The summed E-state index contributed by atoms with van der Waals surface area (Å²) in [6, 6.07) is 9.24. The second kappa shape index (κ2) is 16.1. The number of hydrogen-bond acceptors (Lipinski definition) is 12. The number of aromatic nitrogens is 2. The summed E-state index contributed by atoms with van der Waals surface area (Å²) in [6.45, 7) is 12.8. The first-order valence-electron chi connectivity index (χ1n) is 21.2. The smallest absolute Gasteiger partial charge is 0.255 e. The zero-order chi connectivity index (χ0) is 40.8. The molecule has 6 aliphatic rings. The molecule has 1 aromatic heterocycles. The Kier molecular flexibility index (Phi) is 10.7. The Hall–Kier alpha value is -5.28. The molecule has 1 aliphatic carbocycles. The van der Waals surface area contributed by atoms with Crippen molar-refractivity contribution in [3.05, 3.63) is 59.0 Å². The molecule has 15 heteroatoms. The maximum absolute atomic E-state index is 13.4. The number of nitrogens with one attached hydrogen (secondary N) is 2. The third-order valence-electron chi connectivity index (χ3n) is 13.2. The van der Waals surface area contributed by atoms with Crippen LogP contribution in [0.2, 0.25) is 0 Å². The highest BCUT2D eigenvalue weighted by Gasteiger charge is 2.42. The Bertz CT molecular complexity index is 2190. The van der Waals surface area contributed by atoms with E-state index in [2.05, 4.69) is 53.8 Å². The van der Waals surface area contributed by atoms with E-state index < -0.39 is 11.9 Å². The van der Waals surface area contributed by atoms with Crippen molar-refractivity contribution in [2.24, 2.45) is 15.9 Å². The van der Waals surface area contributed by atoms with Crippen LogP contribution in [0.25, 0.3) is 10.9 Å². The minimum absolute atomic E-state index is 0.0620. The molecule has 59 heavy (non-hydrogen) atoms. The highest BCUT2D eigenvalue weighted by Crippen LogP contribution is 2.42. The molecule has 0 radical (unpaired) electrons. The number of allylic oxidation sites excluding steroid dienone is 1. The number of ether oxygens (including phenoxy) is 3. The molecule has 9 rings (SSSR count). The number of piperidine rings is 3. The van der Waals surface area contributed by atoms with Crippen molar-refractivity contribution in [2.75, 3.05) is 64.9 Å². The number of nitrogens with zero attached hydrogens (tertiary/aromatic N) is 7. The average Bonchev–Trinajstić information content (AvgIpc) is 3.65. The number of imide groups is 1. The summed E-state index contributed by atoms with van der Waals surface area (Å²) in [5.74, 6) is 2.04. The van der Waals surface area contributed by atoms with Crippen molar-refractivity contribution in [1.29, 1.82) is 0 Å². The fourth-order valence-electron chi connectivity index (χ4n) is 9.42. The highest BCUT2D eigenvalue weighted by molar-refractivity contribution is 6.15. The molecule has 2 aromatic carbocycles. The number of fused-ring (bicyclic) bond motifs is 2. The first-order chi connectivity index (χ1) is 28.6. The maximum Gasteiger partial charge on any atom is 0.255 e. The molecule has 0 bridgehead atoms. The highest BCUT2D eigenvalue weighted by atomic mass is 16.5. The third-order valence-corrected chi connectivity index (χ3v) is 13.2. The number of H-pyrrole nitrogens is 1. The van der Waals surface area contributed by atoms with E-state index in [1.807, 2.05) is 36.4 Å². The molecule has 3 amide bonds. The van der Waals surface area contributed by atoms with E-state index in [9.17, 15) is 14.4 Å². The van der Waals surface area contributed by atoms with Crippen LogP contribution in [0.5, 0.6) is 11.5 Å². The molecule has 5 aliphatic heterocycles. The standard InChI is InChI=1S/C44H55N9O6/c1-44(15-16-44)59-29-5-7-34-32(21-29)40(49-48-34)35(45-2)22-38(46-3)52-24-30(25-52)58-28-13-17-50(18-14-28)23-27-11-19-51(20-12-27)36-8-6-31-33(41(36)57-4)26-53(43(31)56)37-9-10-39(54)47-42(37)55/h5-8,21-22,27-28,30,37H,3,9-20,23-26H2,1-2,4H3,(H,48,49)(H,47,54,55)/b38-22+,45-35?. The molecular weight excluding hydrogens is 751 g/mol. The SMILES string of the molecule is C=N/C(=C\C(=NC)c1n[nH]c2ccc(OC3(C)CC3)cc12)N1CC(OC2CCN(CC3CCN(c4ccc5c(c4OC)CN(C4CCC(=O)NC4=O)C5=O)CC3)CC2)C1. The number of amides is 3. The van der Waals surface area contributed by atoms with E-state index in [4.69, 9.17) is 14.2 Å². The largest absolute Gasteiger partial charge is 0.494 e. The number of benzene rings is 2. The van der Waals surface area contributed by atoms with Crippen LogP contribution >= 0.6 is 0 Å². The topological polar surface area (TPSA) is 157 Å². The normalized spacial score (nSPS) is 23.4. The monoisotopic (exact) mass is 805 g/mol. The molecule has 6 heterocycles. The molecular formula is C44H55N9O6. The second-order valence-corrected chi connectivity index (χ2v) is 17.2. The molecule has 1 saturated carbocycles. The van der Waals surface area contributed by atoms with Crippen LogP contribution in [-0.4, -0.2) is 139 Å². The van der Waals surface area contributed by atoms with Crippen molar-refractivity contribution in [3.63, 3.8) is 0 Å². The molecule has 0 spiro atoms. The average molecular weight is 806 g/mol. The maximum atomic E-state index is 13.4. The summed E-state index contributed by atoms with van der Waals surface area (Å²) in [4.78, 5) is 55.3. The fourth-order valence-corrected chi connectivity index (χ4v) is 9.42. The number of aromatic amines is 1. The summed E-state index contributed by atoms with van der Waals surface area (Å²) in [6.07, 6.45) is 9.31. The van der Waals surface area contributed by atoms with Gasteiger partial charge in [0.05, 0.1) is 42.8 Å². The van der Waals surface area contributed by atoms with Crippen molar-refractivity contribution < 1.29 is 28.6 Å². The number of rotatable bonds is 13. The van der Waals surface area contributed by atoms with E-state index >= 15 is 0 Å². The Morgan fingerprint density at radius 3 is 2.49 bits per heavy atom. The van der Waals surface area contributed by atoms with Gasteiger partial charge in [0.1, 0.15) is 34.7 Å². The van der Waals surface area contributed by atoms with Crippen LogP contribution in [0, 0.1) is 5.92 Å². The van der Waals surface area contributed by atoms with Crippen molar-refractivity contribution >= 4 is 46.7 Å². The molecule has 312 valence electrons. The third kappa shape index (κ3) is 7.94. The lowest BCUT2D eigenvalue weighted by molar-refractivity contribution is -0.136. The van der Waals surface area contributed by atoms with Crippen LogP contribution in [0.4, 0.5) is 5.69 Å². The van der Waals surface area contributed by atoms with Crippen LogP contribution in [-0.2, 0) is 20.9 Å². The number of carbonyl (C=O) groups excluding carboxylic acids is 3. The predicted octanol–water partition coefficient (Wildman–Crippen LogP) is 4.31. The van der Waals surface area contributed by atoms with Crippen molar-refractivity contribution in [2.45, 2.75) is 88.7 Å². The van der Waals surface area contributed by atoms with Gasteiger partial charge >= 0.3 is 0 Å². The van der Waals surface area contributed by atoms with Gasteiger partial charge in [0, 0.05) is 81.9 Å². The van der Waals surface area contributed by atoms with Crippen LogP contribution in [0.15, 0.2) is 52.2 Å². The lowest BCUT2D eigenvalue weighted by Crippen LogP contribution is -2.53. The molecule has 1 atom stereocenters. The van der Waals surface area contributed by atoms with Gasteiger partial charge in [-0.05, 0) is 94.8 Å². The number of hydrogen-bond donors (Lipinski definition) is 2. The molecule has 5 fully saturated rings. The zero-order valence-electron chi connectivity index (χ0n) is 34.4. The predicted molar refractivity (Wildman–Crippen MR) is 224 cm³/mol. The van der Waals surface area contributed by atoms with Gasteiger partial charge in [-0.1, -0.05) is 0 Å². The first kappa shape index (κ1) is 39.2. The van der Waals surface area contributed by atoms with E-state index in [1.54, 1.807) is 19.1 Å². The van der Waals surface area contributed by atoms with Gasteiger partial charge in [-0.25, -0.2) is 4.99 Å². The lowest BCUT2D eigenvalue weighted by Gasteiger charge is -2.44. The van der Waals surface area contributed by atoms with E-state index in [0.717, 1.165) is 129 Å². The Morgan fingerprint density at radius 2 is 1.80 bits per heavy atom. The number of carbonyl (C=O) groups is 3. The molecule has 15 nitrogen and oxygen atoms in total. The van der Waals surface area contributed by atoms with E-state index in [-0.39, 0.29) is 36.0 Å². The molecule has 4 saturated heterocycles. The quantitative estimate of drug-likeness (QED) is 0.189. The summed E-state index contributed by atoms with van der Waals surface area (Å²) >= 11 is 0. The first-order valence-corrected chi connectivity index (χ1v) is 21.2. The van der Waals surface area contributed by atoms with Crippen molar-refractivity contribution in [1.82, 2.24) is 30.2 Å². The van der Waals surface area contributed by atoms with Gasteiger partial charge in [0.15, 0.2) is 0 Å². The van der Waals surface area contributed by atoms with Gasteiger partial charge < -0.3 is 33.8 Å². The van der Waals surface area contributed by atoms with Crippen molar-refractivity contribution in [3.8, 4) is 11.5 Å². The van der Waals surface area contributed by atoms with Gasteiger partial charge in [-0.15, -0.1) is 0 Å². The minimum Gasteiger partial charge on any atom is -0.494 e. The minimum atomic E-state index is -0.649. The number of anilines is 1. The lowest BCUT2D eigenvalue weighted by atomic mass is 9.94. The Balaban J connectivity index is 0.727. The Morgan fingerprint density at radius 1 is 1.02 bits per heavy atom. The summed E-state index contributed by atoms with van der Waals surface area (Å²) in [5, 5.41) is 11.1. The van der Waals surface area contributed by atoms with Gasteiger partial charge in [-0.2, -0.15) is 5.10 Å². The second-order valence-electron chi connectivity index (χ2n) is 17.2. The molecule has 2 N–H and O–H groups in total. The number of methoxy groups -OCH3 is 1. The Labute approximate surface area is 344 Å². The van der Waals surface area contributed by atoms with Gasteiger partial charge in [0.25, 0.3) is 5.91 Å². The molecule has 3 aromatic rings. The zero-order valence-corrected chi connectivity index (χ0v) is 34.4. The van der Waals surface area contributed by atoms with Gasteiger partial charge in [0.2, 0.25) is 11.8 Å². The van der Waals surface area contributed by atoms with Crippen LogP contribution in [0.1, 0.15) is 79.9 Å². The summed E-state index contributed by atoms with van der Waals surface area (Å²) in [7, 11) is 3.42. The fraction of sp³-hybridized carbons (Fsp3) is 0.545.